The Morgan fingerprint density at radius 1 is 0.967 bits per heavy atom. The van der Waals surface area contributed by atoms with E-state index < -0.39 is 0 Å². The summed E-state index contributed by atoms with van der Waals surface area (Å²) in [6, 6.07) is 0. The van der Waals surface area contributed by atoms with Gasteiger partial charge in [0.2, 0.25) is 0 Å². The largest absolute Gasteiger partial charge is 0.393 e. The Kier molecular flexibility index (Phi) is 5.42. The Hall–Kier alpha value is -0.0800. The fraction of sp³-hybridized carbons (Fsp3) is 1.00. The molecule has 4 saturated carbocycles. The van der Waals surface area contributed by atoms with Gasteiger partial charge in [-0.25, -0.2) is 0 Å². The second-order valence-electron chi connectivity index (χ2n) is 13.3. The lowest BCUT2D eigenvalue weighted by Crippen LogP contribution is -2.60. The minimum absolute atomic E-state index is 0.0395. The van der Waals surface area contributed by atoms with Crippen molar-refractivity contribution >= 4 is 0 Å². The molecule has 0 bridgehead atoms. The molecule has 0 radical (unpaired) electrons. The molecule has 1 spiro atoms. The van der Waals surface area contributed by atoms with Crippen LogP contribution in [0, 0.1) is 46.3 Å². The molecule has 5 rings (SSSR count). The van der Waals surface area contributed by atoms with Crippen LogP contribution in [0.1, 0.15) is 112 Å². The van der Waals surface area contributed by atoms with Gasteiger partial charge in [-0.3, -0.25) is 0 Å². The lowest BCUT2D eigenvalue weighted by atomic mass is 9.41. The predicted octanol–water partition coefficient (Wildman–Crippen LogP) is 6.99. The minimum Gasteiger partial charge on any atom is -0.393 e. The van der Waals surface area contributed by atoms with Crippen LogP contribution in [0.3, 0.4) is 0 Å². The molecule has 0 aromatic carbocycles. The second-order valence-corrected chi connectivity index (χ2v) is 13.3. The average Bonchev–Trinajstić information content (AvgIpc) is 3.38. The first kappa shape index (κ1) is 21.7. The number of hydrogen-bond acceptors (Lipinski definition) is 2. The molecule has 1 aliphatic heterocycles. The number of aliphatic hydroxyl groups is 1. The second kappa shape index (κ2) is 7.47. The van der Waals surface area contributed by atoms with Crippen LogP contribution < -0.4 is 0 Å². The predicted molar refractivity (Wildman–Crippen MR) is 123 cm³/mol. The molecule has 0 aromatic heterocycles. The maximum absolute atomic E-state index is 10.4. The molecule has 10 atom stereocenters. The first-order valence-corrected chi connectivity index (χ1v) is 13.6. The molecular weight excluding hydrogens is 368 g/mol. The third kappa shape index (κ3) is 3.09. The van der Waals surface area contributed by atoms with Gasteiger partial charge >= 0.3 is 0 Å². The van der Waals surface area contributed by atoms with E-state index in [0.29, 0.717) is 16.9 Å². The molecule has 172 valence electrons. The van der Waals surface area contributed by atoms with Crippen molar-refractivity contribution in [3.05, 3.63) is 0 Å². The van der Waals surface area contributed by atoms with Crippen LogP contribution in [-0.4, -0.2) is 22.9 Å². The van der Waals surface area contributed by atoms with Gasteiger partial charge in [-0.05, 0) is 85.9 Å². The van der Waals surface area contributed by atoms with Crippen molar-refractivity contribution in [2.24, 2.45) is 46.3 Å². The fourth-order valence-corrected chi connectivity index (χ4v) is 9.88. The van der Waals surface area contributed by atoms with Crippen molar-refractivity contribution in [1.29, 1.82) is 0 Å². The smallest absolute Gasteiger partial charge is 0.103 e. The van der Waals surface area contributed by atoms with Crippen LogP contribution in [0.2, 0.25) is 0 Å². The van der Waals surface area contributed by atoms with Gasteiger partial charge in [0.1, 0.15) is 5.60 Å². The van der Waals surface area contributed by atoms with Gasteiger partial charge < -0.3 is 9.84 Å². The van der Waals surface area contributed by atoms with E-state index in [2.05, 4.69) is 34.6 Å². The van der Waals surface area contributed by atoms with Crippen molar-refractivity contribution in [3.8, 4) is 0 Å². The van der Waals surface area contributed by atoms with Gasteiger partial charge in [0, 0.05) is 11.8 Å². The summed E-state index contributed by atoms with van der Waals surface area (Å²) in [7, 11) is 0. The summed E-state index contributed by atoms with van der Waals surface area (Å²) in [5, 5.41) is 10.4. The van der Waals surface area contributed by atoms with Gasteiger partial charge in [0.15, 0.2) is 0 Å². The number of aliphatic hydroxyl groups excluding tert-OH is 1. The highest BCUT2D eigenvalue weighted by atomic mass is 16.6. The van der Waals surface area contributed by atoms with Gasteiger partial charge in [0.25, 0.3) is 0 Å². The van der Waals surface area contributed by atoms with E-state index >= 15 is 0 Å². The summed E-state index contributed by atoms with van der Waals surface area (Å²) in [5.41, 5.74) is 0.908. The molecule has 5 aliphatic rings. The molecule has 0 aromatic rings. The van der Waals surface area contributed by atoms with Gasteiger partial charge in [-0.15, -0.1) is 0 Å². The molecule has 1 saturated heterocycles. The monoisotopic (exact) mass is 416 g/mol. The Bertz CT molecular complexity index is 645. The van der Waals surface area contributed by atoms with E-state index in [4.69, 9.17) is 4.74 Å². The zero-order valence-corrected chi connectivity index (χ0v) is 20.5. The molecule has 1 heterocycles. The van der Waals surface area contributed by atoms with Crippen molar-refractivity contribution in [3.63, 3.8) is 0 Å². The molecule has 1 N–H and O–H groups in total. The summed E-state index contributed by atoms with van der Waals surface area (Å²) in [4.78, 5) is 0. The van der Waals surface area contributed by atoms with Crippen LogP contribution in [0.5, 0.6) is 0 Å². The van der Waals surface area contributed by atoms with Crippen LogP contribution in [0.4, 0.5) is 0 Å². The minimum atomic E-state index is -0.126. The molecule has 2 heteroatoms. The van der Waals surface area contributed by atoms with Gasteiger partial charge in [-0.2, -0.15) is 0 Å². The first-order valence-electron chi connectivity index (χ1n) is 13.6. The SMILES string of the molecule is CC(C)CCCC(C)C1CCCC2C3CC4OC45CC(O)CCC5(C)C3CCC12C. The van der Waals surface area contributed by atoms with E-state index in [9.17, 15) is 5.11 Å². The summed E-state index contributed by atoms with van der Waals surface area (Å²) in [6.45, 7) is 12.6. The third-order valence-corrected chi connectivity index (χ3v) is 11.5. The summed E-state index contributed by atoms with van der Waals surface area (Å²) in [6.07, 6.45) is 16.2. The summed E-state index contributed by atoms with van der Waals surface area (Å²) in [5.74, 6) is 5.27. The van der Waals surface area contributed by atoms with E-state index in [-0.39, 0.29) is 11.7 Å². The van der Waals surface area contributed by atoms with E-state index in [1.807, 2.05) is 0 Å². The Morgan fingerprint density at radius 3 is 2.53 bits per heavy atom. The lowest BCUT2D eigenvalue weighted by molar-refractivity contribution is -0.145. The van der Waals surface area contributed by atoms with Crippen molar-refractivity contribution in [2.45, 2.75) is 129 Å². The molecule has 10 unspecified atom stereocenters. The summed E-state index contributed by atoms with van der Waals surface area (Å²) >= 11 is 0. The maximum atomic E-state index is 10.4. The van der Waals surface area contributed by atoms with Crippen LogP contribution in [-0.2, 0) is 4.74 Å². The topological polar surface area (TPSA) is 32.8 Å². The zero-order valence-electron chi connectivity index (χ0n) is 20.5. The molecule has 5 fully saturated rings. The highest BCUT2D eigenvalue weighted by Crippen LogP contribution is 2.73. The van der Waals surface area contributed by atoms with Crippen LogP contribution in [0.25, 0.3) is 0 Å². The van der Waals surface area contributed by atoms with Crippen molar-refractivity contribution in [2.75, 3.05) is 0 Å². The summed E-state index contributed by atoms with van der Waals surface area (Å²) < 4.78 is 6.54. The quantitative estimate of drug-likeness (QED) is 0.490. The molecule has 4 aliphatic carbocycles. The normalized spacial score (nSPS) is 53.3. The third-order valence-electron chi connectivity index (χ3n) is 11.5. The molecular formula is C28H48O2. The maximum Gasteiger partial charge on any atom is 0.103 e. The first-order chi connectivity index (χ1) is 14.2. The fourth-order valence-electron chi connectivity index (χ4n) is 9.88. The van der Waals surface area contributed by atoms with Crippen LogP contribution in [0.15, 0.2) is 0 Å². The number of ether oxygens (including phenoxy) is 1. The molecule has 0 amide bonds. The average molecular weight is 417 g/mol. The van der Waals surface area contributed by atoms with Gasteiger partial charge in [0.05, 0.1) is 12.2 Å². The van der Waals surface area contributed by atoms with Gasteiger partial charge in [-0.1, -0.05) is 60.3 Å². The van der Waals surface area contributed by atoms with E-state index in [0.717, 1.165) is 48.3 Å². The number of hydrogen-bond donors (Lipinski definition) is 1. The van der Waals surface area contributed by atoms with E-state index in [1.54, 1.807) is 0 Å². The highest BCUT2D eigenvalue weighted by Gasteiger charge is 2.75. The van der Waals surface area contributed by atoms with Crippen LogP contribution >= 0.6 is 0 Å². The standard InChI is InChI=1S/C28H48O2/c1-18(2)8-6-9-19(3)22-10-7-11-23-21-16-25-28(30-25)17-20(29)12-15-27(28,5)24(21)13-14-26(22,23)4/h18-25,29H,6-17H2,1-5H3. The Labute approximate surface area is 185 Å². The highest BCUT2D eigenvalue weighted by molar-refractivity contribution is 5.23. The number of epoxide rings is 1. The molecule has 30 heavy (non-hydrogen) atoms. The zero-order chi connectivity index (χ0) is 21.3. The number of fused-ring (bicyclic) bond motifs is 4. The van der Waals surface area contributed by atoms with Crippen molar-refractivity contribution in [1.82, 2.24) is 0 Å². The van der Waals surface area contributed by atoms with E-state index in [1.165, 1.54) is 64.2 Å². The lowest BCUT2D eigenvalue weighted by Gasteiger charge is -2.63. The number of rotatable bonds is 5. The Balaban J connectivity index is 1.35. The Morgan fingerprint density at radius 2 is 1.77 bits per heavy atom. The van der Waals surface area contributed by atoms with Crippen molar-refractivity contribution < 1.29 is 9.84 Å². The molecule has 2 nitrogen and oxygen atoms in total.